The van der Waals surface area contributed by atoms with Crippen molar-refractivity contribution in [3.63, 3.8) is 0 Å². The van der Waals surface area contributed by atoms with Crippen LogP contribution in [0.2, 0.25) is 0 Å². The van der Waals surface area contributed by atoms with Crippen LogP contribution in [-0.4, -0.2) is 38.2 Å². The number of amides is 1. The number of nitrogens with zero attached hydrogens (tertiary/aromatic N) is 4. The molecule has 1 amide bonds. The molecule has 112 valence electrons. The van der Waals surface area contributed by atoms with E-state index in [1.54, 1.807) is 0 Å². The van der Waals surface area contributed by atoms with E-state index in [-0.39, 0.29) is 5.91 Å². The molecule has 0 saturated carbocycles. The lowest BCUT2D eigenvalue weighted by Gasteiger charge is -2.29. The summed E-state index contributed by atoms with van der Waals surface area (Å²) in [5.41, 5.74) is 5.18. The highest BCUT2D eigenvalue weighted by Crippen LogP contribution is 2.16. The first-order valence-corrected chi connectivity index (χ1v) is 7.51. The Balaban J connectivity index is 2.03. The number of rotatable bonds is 5. The number of hydrogen-bond donors (Lipinski definition) is 1. The number of likely N-dealkylation sites (tertiary alicyclic amines) is 1. The number of piperidine rings is 1. The molecule has 1 saturated heterocycles. The van der Waals surface area contributed by atoms with E-state index in [2.05, 4.69) is 16.9 Å². The van der Waals surface area contributed by atoms with Gasteiger partial charge in [-0.1, -0.05) is 6.92 Å². The van der Waals surface area contributed by atoms with Crippen molar-refractivity contribution in [2.24, 2.45) is 18.7 Å². The van der Waals surface area contributed by atoms with E-state index >= 15 is 0 Å². The van der Waals surface area contributed by atoms with Gasteiger partial charge < -0.3 is 10.3 Å². The first kappa shape index (κ1) is 15.2. The Hall–Kier alpha value is -1.21. The zero-order valence-electron chi connectivity index (χ0n) is 12.2. The minimum atomic E-state index is -0.310. The molecule has 1 aromatic rings. The smallest absolute Gasteiger partial charge is 0.217 e. The van der Waals surface area contributed by atoms with Crippen LogP contribution >= 0.6 is 12.2 Å². The highest BCUT2D eigenvalue weighted by atomic mass is 32.1. The van der Waals surface area contributed by atoms with Crippen molar-refractivity contribution in [1.29, 1.82) is 0 Å². The van der Waals surface area contributed by atoms with E-state index in [0.29, 0.717) is 17.6 Å². The lowest BCUT2D eigenvalue weighted by molar-refractivity contribution is -0.118. The largest absolute Gasteiger partial charge is 0.370 e. The van der Waals surface area contributed by atoms with Crippen LogP contribution in [0.1, 0.15) is 32.0 Å². The van der Waals surface area contributed by atoms with E-state index in [9.17, 15) is 4.79 Å². The van der Waals surface area contributed by atoms with Gasteiger partial charge in [-0.05, 0) is 31.0 Å². The van der Waals surface area contributed by atoms with Crippen molar-refractivity contribution in [3.05, 3.63) is 10.6 Å². The third-order valence-corrected chi connectivity index (χ3v) is 4.42. The number of nitrogens with two attached hydrogens (primary N) is 1. The molecule has 1 aromatic heterocycles. The number of carbonyl (C=O) groups excluding carboxylic acids is 1. The Morgan fingerprint density at radius 2 is 2.10 bits per heavy atom. The molecule has 0 aromatic carbocycles. The van der Waals surface area contributed by atoms with Gasteiger partial charge in [-0.2, -0.15) is 5.10 Å². The van der Waals surface area contributed by atoms with Gasteiger partial charge in [-0.15, -0.1) is 0 Å². The minimum Gasteiger partial charge on any atom is -0.370 e. The monoisotopic (exact) mass is 297 g/mol. The molecule has 0 aliphatic carbocycles. The molecule has 1 aliphatic heterocycles. The Morgan fingerprint density at radius 3 is 2.70 bits per heavy atom. The van der Waals surface area contributed by atoms with Crippen LogP contribution in [0.3, 0.4) is 0 Å². The Morgan fingerprint density at radius 1 is 1.45 bits per heavy atom. The maximum Gasteiger partial charge on any atom is 0.217 e. The molecule has 7 heteroatoms. The molecule has 2 N–H and O–H groups in total. The van der Waals surface area contributed by atoms with Crippen molar-refractivity contribution >= 4 is 18.1 Å². The third kappa shape index (κ3) is 3.67. The van der Waals surface area contributed by atoms with Crippen LogP contribution < -0.4 is 5.73 Å². The second-order valence-corrected chi connectivity index (χ2v) is 6.03. The highest BCUT2D eigenvalue weighted by molar-refractivity contribution is 7.71. The van der Waals surface area contributed by atoms with Gasteiger partial charge >= 0.3 is 0 Å². The lowest BCUT2D eigenvalue weighted by Crippen LogP contribution is -2.34. The van der Waals surface area contributed by atoms with Gasteiger partial charge in [-0.3, -0.25) is 9.69 Å². The summed E-state index contributed by atoms with van der Waals surface area (Å²) in [5, 5.41) is 4.52. The van der Waals surface area contributed by atoms with E-state index in [1.807, 2.05) is 16.3 Å². The van der Waals surface area contributed by atoms with Crippen LogP contribution in [0.25, 0.3) is 0 Å². The summed E-state index contributed by atoms with van der Waals surface area (Å²) in [6, 6.07) is 0. The number of aromatic nitrogens is 3. The molecule has 2 heterocycles. The van der Waals surface area contributed by atoms with Gasteiger partial charge in [0.05, 0.1) is 6.67 Å². The summed E-state index contributed by atoms with van der Waals surface area (Å²) < 4.78 is 4.41. The number of carbonyl (C=O) groups is 1. The second-order valence-electron chi connectivity index (χ2n) is 5.67. The Kier molecular flexibility index (Phi) is 4.93. The van der Waals surface area contributed by atoms with Crippen LogP contribution in [0.4, 0.5) is 0 Å². The van der Waals surface area contributed by atoms with Crippen molar-refractivity contribution in [1.82, 2.24) is 19.2 Å². The molecular weight excluding hydrogens is 274 g/mol. The zero-order chi connectivity index (χ0) is 14.7. The molecule has 0 spiro atoms. The number of primary amides is 1. The maximum atomic E-state index is 10.9. The summed E-state index contributed by atoms with van der Waals surface area (Å²) in [6.45, 7) is 5.22. The molecule has 1 aliphatic rings. The number of aryl methyl sites for hydroxylation is 1. The zero-order valence-corrected chi connectivity index (χ0v) is 13.0. The van der Waals surface area contributed by atoms with Gasteiger partial charge in [0.2, 0.25) is 5.91 Å². The number of hydrogen-bond acceptors (Lipinski definition) is 4. The molecule has 0 atom stereocenters. The van der Waals surface area contributed by atoms with E-state index < -0.39 is 0 Å². The third-order valence-electron chi connectivity index (χ3n) is 3.94. The average Bonchev–Trinajstić information content (AvgIpc) is 2.67. The Labute approximate surface area is 124 Å². The normalized spacial score (nSPS) is 17.5. The van der Waals surface area contributed by atoms with Crippen LogP contribution in [0.5, 0.6) is 0 Å². The van der Waals surface area contributed by atoms with Gasteiger partial charge in [-0.25, -0.2) is 4.68 Å². The van der Waals surface area contributed by atoms with Gasteiger partial charge in [0.15, 0.2) is 4.77 Å². The average molecular weight is 297 g/mol. The maximum absolute atomic E-state index is 10.9. The quantitative estimate of drug-likeness (QED) is 0.825. The fraction of sp³-hybridized carbons (Fsp3) is 0.769. The summed E-state index contributed by atoms with van der Waals surface area (Å²) in [4.78, 5) is 13.2. The topological polar surface area (TPSA) is 69.1 Å². The van der Waals surface area contributed by atoms with Crippen molar-refractivity contribution in [2.45, 2.75) is 39.3 Å². The molecule has 0 unspecified atom stereocenters. The predicted molar refractivity (Wildman–Crippen MR) is 79.5 cm³/mol. The summed E-state index contributed by atoms with van der Waals surface area (Å²) in [6.07, 6.45) is 3.31. The molecule has 0 bridgehead atoms. The lowest BCUT2D eigenvalue weighted by atomic mass is 10.00. The van der Waals surface area contributed by atoms with Crippen molar-refractivity contribution < 1.29 is 4.79 Å². The van der Waals surface area contributed by atoms with Gasteiger partial charge in [0.1, 0.15) is 5.82 Å². The molecular formula is C13H23N5OS. The Bertz CT molecular complexity index is 527. The SMILES string of the molecule is CC1CCN(Cn2nc(CCC(N)=O)n(C)c2=S)CC1. The standard InChI is InChI=1S/C13H23N5OS/c1-10-5-7-17(8-6-10)9-18-13(20)16(2)12(15-18)4-3-11(14)19/h10H,3-9H2,1-2H3,(H2,14,19). The summed E-state index contributed by atoms with van der Waals surface area (Å²) >= 11 is 5.41. The highest BCUT2D eigenvalue weighted by Gasteiger charge is 2.17. The molecule has 0 radical (unpaired) electrons. The molecule has 2 rings (SSSR count). The van der Waals surface area contributed by atoms with Gasteiger partial charge in [0.25, 0.3) is 0 Å². The van der Waals surface area contributed by atoms with Gasteiger partial charge in [0, 0.05) is 33.0 Å². The van der Waals surface area contributed by atoms with E-state index in [0.717, 1.165) is 31.5 Å². The molecule has 6 nitrogen and oxygen atoms in total. The first-order valence-electron chi connectivity index (χ1n) is 7.10. The van der Waals surface area contributed by atoms with Crippen molar-refractivity contribution in [3.8, 4) is 0 Å². The minimum absolute atomic E-state index is 0.306. The van der Waals surface area contributed by atoms with E-state index in [1.165, 1.54) is 12.8 Å². The van der Waals surface area contributed by atoms with Crippen molar-refractivity contribution in [2.75, 3.05) is 13.1 Å². The van der Waals surface area contributed by atoms with Crippen LogP contribution in [0, 0.1) is 10.7 Å². The first-order chi connectivity index (χ1) is 9.47. The fourth-order valence-corrected chi connectivity index (χ4v) is 2.67. The summed E-state index contributed by atoms with van der Waals surface area (Å²) in [5.74, 6) is 1.32. The van der Waals surface area contributed by atoms with Crippen LogP contribution in [-0.2, 0) is 24.9 Å². The second kappa shape index (κ2) is 6.49. The van der Waals surface area contributed by atoms with E-state index in [4.69, 9.17) is 18.0 Å². The fourth-order valence-electron chi connectivity index (χ4n) is 2.47. The summed E-state index contributed by atoms with van der Waals surface area (Å²) in [7, 11) is 1.89. The van der Waals surface area contributed by atoms with Crippen LogP contribution in [0.15, 0.2) is 0 Å². The molecule has 20 heavy (non-hydrogen) atoms. The predicted octanol–water partition coefficient (Wildman–Crippen LogP) is 1.06. The molecule has 1 fully saturated rings.